The smallest absolute Gasteiger partial charge is 0.320 e. The molecule has 8 heteroatoms. The molecule has 0 N–H and O–H groups in total. The highest BCUT2D eigenvalue weighted by molar-refractivity contribution is 5.69. The molecule has 1 fully saturated rings. The van der Waals surface area contributed by atoms with E-state index in [9.17, 15) is 20.2 Å². The van der Waals surface area contributed by atoms with E-state index < -0.39 is 9.85 Å². The van der Waals surface area contributed by atoms with Gasteiger partial charge in [-0.25, -0.2) is 0 Å². The lowest BCUT2D eigenvalue weighted by atomic mass is 10.2. The second-order valence-corrected chi connectivity index (χ2v) is 4.23. The topological polar surface area (TPSA) is 98.8 Å². The van der Waals surface area contributed by atoms with Gasteiger partial charge in [0.15, 0.2) is 0 Å². The summed E-state index contributed by atoms with van der Waals surface area (Å²) < 4.78 is 4.81. The summed E-state index contributed by atoms with van der Waals surface area (Å²) in [6.07, 6.45) is 1.96. The maximum Gasteiger partial charge on any atom is 0.320 e. The maximum atomic E-state index is 11.0. The Balaban J connectivity index is 2.57. The number of methoxy groups -OCH3 is 1. The van der Waals surface area contributed by atoms with Gasteiger partial charge >= 0.3 is 11.4 Å². The lowest BCUT2D eigenvalue weighted by molar-refractivity contribution is -0.395. The molecule has 0 amide bonds. The van der Waals surface area contributed by atoms with Crippen LogP contribution in [0.5, 0.6) is 5.75 Å². The van der Waals surface area contributed by atoms with Crippen LogP contribution in [-0.2, 0) is 0 Å². The van der Waals surface area contributed by atoms with Crippen LogP contribution in [0.15, 0.2) is 12.1 Å². The predicted octanol–water partition coefficient (Wildman–Crippen LogP) is 2.11. The zero-order valence-electron chi connectivity index (χ0n) is 10.4. The minimum Gasteiger partial charge on any atom is -0.485 e. The number of hydrogen-bond donors (Lipinski definition) is 0. The molecule has 0 saturated carbocycles. The monoisotopic (exact) mass is 267 g/mol. The van der Waals surface area contributed by atoms with E-state index in [1.54, 1.807) is 0 Å². The van der Waals surface area contributed by atoms with Crippen LogP contribution in [0, 0.1) is 20.2 Å². The molecule has 1 aliphatic rings. The lowest BCUT2D eigenvalue weighted by Crippen LogP contribution is -2.18. The van der Waals surface area contributed by atoms with Gasteiger partial charge in [0.1, 0.15) is 0 Å². The fraction of sp³-hybridized carbons (Fsp3) is 0.455. The third-order valence-corrected chi connectivity index (χ3v) is 3.10. The highest BCUT2D eigenvalue weighted by atomic mass is 16.6. The van der Waals surface area contributed by atoms with Crippen molar-refractivity contribution in [3.63, 3.8) is 0 Å². The Hall–Kier alpha value is -2.38. The lowest BCUT2D eigenvalue weighted by Gasteiger charge is -2.17. The minimum absolute atomic E-state index is 0.307. The Kier molecular flexibility index (Phi) is 3.50. The fourth-order valence-corrected chi connectivity index (χ4v) is 2.22. The number of hydrogen-bond acceptors (Lipinski definition) is 6. The van der Waals surface area contributed by atoms with Crippen LogP contribution >= 0.6 is 0 Å². The first kappa shape index (κ1) is 13.1. The molecule has 19 heavy (non-hydrogen) atoms. The van der Waals surface area contributed by atoms with Gasteiger partial charge in [-0.2, -0.15) is 0 Å². The maximum absolute atomic E-state index is 11.0. The molecule has 0 unspecified atom stereocenters. The summed E-state index contributed by atoms with van der Waals surface area (Å²) in [6.45, 7) is 1.50. The van der Waals surface area contributed by atoms with E-state index in [-0.39, 0.29) is 17.1 Å². The summed E-state index contributed by atoms with van der Waals surface area (Å²) in [5.41, 5.74) is -0.256. The van der Waals surface area contributed by atoms with Crippen molar-refractivity contribution in [1.82, 2.24) is 0 Å². The largest absolute Gasteiger partial charge is 0.485 e. The van der Waals surface area contributed by atoms with E-state index in [0.29, 0.717) is 5.69 Å². The quantitative estimate of drug-likeness (QED) is 0.612. The van der Waals surface area contributed by atoms with E-state index in [4.69, 9.17) is 4.74 Å². The summed E-state index contributed by atoms with van der Waals surface area (Å²) in [5.74, 6) is -0.307. The van der Waals surface area contributed by atoms with Gasteiger partial charge in [0.2, 0.25) is 0 Å². The summed E-state index contributed by atoms with van der Waals surface area (Å²) in [5, 5.41) is 22.0. The summed E-state index contributed by atoms with van der Waals surface area (Å²) in [6, 6.07) is 2.66. The second kappa shape index (κ2) is 5.09. The molecular weight excluding hydrogens is 254 g/mol. The highest BCUT2D eigenvalue weighted by Crippen LogP contribution is 2.41. The van der Waals surface area contributed by atoms with Crippen LogP contribution < -0.4 is 9.64 Å². The summed E-state index contributed by atoms with van der Waals surface area (Å²) in [4.78, 5) is 22.6. The van der Waals surface area contributed by atoms with Crippen LogP contribution in [0.2, 0.25) is 0 Å². The van der Waals surface area contributed by atoms with E-state index in [1.165, 1.54) is 19.2 Å². The molecule has 0 radical (unpaired) electrons. The Labute approximate surface area is 108 Å². The van der Waals surface area contributed by atoms with Crippen molar-refractivity contribution in [2.24, 2.45) is 0 Å². The molecule has 2 rings (SSSR count). The van der Waals surface area contributed by atoms with Crippen molar-refractivity contribution in [3.05, 3.63) is 32.4 Å². The Morgan fingerprint density at radius 3 is 1.95 bits per heavy atom. The molecule has 0 spiro atoms. The van der Waals surface area contributed by atoms with Gasteiger partial charge in [-0.1, -0.05) is 0 Å². The molecule has 0 bridgehead atoms. The number of benzene rings is 1. The number of rotatable bonds is 4. The first-order chi connectivity index (χ1) is 9.04. The molecule has 0 aliphatic carbocycles. The number of nitrogens with zero attached hydrogens (tertiary/aromatic N) is 3. The van der Waals surface area contributed by atoms with Gasteiger partial charge in [0.25, 0.3) is 5.75 Å². The van der Waals surface area contributed by atoms with Crippen LogP contribution in [0.25, 0.3) is 0 Å². The normalized spacial score (nSPS) is 14.5. The van der Waals surface area contributed by atoms with Gasteiger partial charge in [-0.3, -0.25) is 20.2 Å². The van der Waals surface area contributed by atoms with Crippen molar-refractivity contribution >= 4 is 17.1 Å². The van der Waals surface area contributed by atoms with Crippen molar-refractivity contribution in [2.75, 3.05) is 25.1 Å². The molecular formula is C11H13N3O5. The van der Waals surface area contributed by atoms with Gasteiger partial charge < -0.3 is 9.64 Å². The van der Waals surface area contributed by atoms with E-state index in [0.717, 1.165) is 25.9 Å². The van der Waals surface area contributed by atoms with Gasteiger partial charge in [-0.15, -0.1) is 0 Å². The van der Waals surface area contributed by atoms with Crippen LogP contribution in [-0.4, -0.2) is 30.0 Å². The standard InChI is InChI=1S/C11H13N3O5/c1-19-11-9(13(15)16)6-8(7-10(11)14(17)18)12-4-2-3-5-12/h6-7H,2-5H2,1H3. The Morgan fingerprint density at radius 1 is 1.11 bits per heavy atom. The van der Waals surface area contributed by atoms with E-state index in [1.807, 2.05) is 4.90 Å². The van der Waals surface area contributed by atoms with Gasteiger partial charge in [0, 0.05) is 25.2 Å². The first-order valence-electron chi connectivity index (χ1n) is 5.80. The second-order valence-electron chi connectivity index (χ2n) is 4.23. The molecule has 1 aromatic carbocycles. The molecule has 1 aromatic rings. The average Bonchev–Trinajstić information content (AvgIpc) is 2.90. The zero-order chi connectivity index (χ0) is 14.0. The third-order valence-electron chi connectivity index (χ3n) is 3.10. The van der Waals surface area contributed by atoms with Gasteiger partial charge in [-0.05, 0) is 12.8 Å². The average molecular weight is 267 g/mol. The highest BCUT2D eigenvalue weighted by Gasteiger charge is 2.29. The summed E-state index contributed by atoms with van der Waals surface area (Å²) in [7, 11) is 1.19. The van der Waals surface area contributed by atoms with Crippen molar-refractivity contribution in [2.45, 2.75) is 12.8 Å². The number of nitro benzene ring substituents is 2. The summed E-state index contributed by atoms with van der Waals surface area (Å²) >= 11 is 0. The molecule has 1 aliphatic heterocycles. The molecule has 1 heterocycles. The van der Waals surface area contributed by atoms with E-state index >= 15 is 0 Å². The Morgan fingerprint density at radius 2 is 1.58 bits per heavy atom. The van der Waals surface area contributed by atoms with Crippen LogP contribution in [0.1, 0.15) is 12.8 Å². The Bertz CT molecular complexity index is 490. The molecule has 0 atom stereocenters. The molecule has 0 aromatic heterocycles. The predicted molar refractivity (Wildman–Crippen MR) is 67.7 cm³/mol. The van der Waals surface area contributed by atoms with E-state index in [2.05, 4.69) is 0 Å². The fourth-order valence-electron chi connectivity index (χ4n) is 2.22. The molecule has 1 saturated heterocycles. The minimum atomic E-state index is -0.661. The molecule has 102 valence electrons. The SMILES string of the molecule is COc1c([N+](=O)[O-])cc(N2CCCC2)cc1[N+](=O)[O-]. The van der Waals surface area contributed by atoms with Crippen molar-refractivity contribution < 1.29 is 14.6 Å². The van der Waals surface area contributed by atoms with Crippen LogP contribution in [0.3, 0.4) is 0 Å². The molecule has 8 nitrogen and oxygen atoms in total. The third kappa shape index (κ3) is 2.42. The zero-order valence-corrected chi connectivity index (χ0v) is 10.4. The number of nitro groups is 2. The number of ether oxygens (including phenoxy) is 1. The van der Waals surface area contributed by atoms with Gasteiger partial charge in [0.05, 0.1) is 22.6 Å². The van der Waals surface area contributed by atoms with Crippen molar-refractivity contribution in [1.29, 1.82) is 0 Å². The van der Waals surface area contributed by atoms with Crippen molar-refractivity contribution in [3.8, 4) is 5.75 Å². The van der Waals surface area contributed by atoms with Crippen LogP contribution in [0.4, 0.5) is 17.1 Å². The first-order valence-corrected chi connectivity index (χ1v) is 5.80. The number of anilines is 1.